The Morgan fingerprint density at radius 2 is 2.07 bits per heavy atom. The summed E-state index contributed by atoms with van der Waals surface area (Å²) >= 11 is 1.48. The number of hydrogen-bond donors (Lipinski definition) is 0. The molecule has 2 nitrogen and oxygen atoms in total. The van der Waals surface area contributed by atoms with Gasteiger partial charge in [-0.15, -0.1) is 11.8 Å². The van der Waals surface area contributed by atoms with Gasteiger partial charge in [-0.2, -0.15) is 0 Å². The summed E-state index contributed by atoms with van der Waals surface area (Å²) in [5, 5.41) is -0.209. The lowest BCUT2D eigenvalue weighted by molar-refractivity contribution is -0.134. The Hall–Kier alpha value is -1.48. The van der Waals surface area contributed by atoms with Crippen LogP contribution in [0.5, 0.6) is 0 Å². The molecule has 0 amide bonds. The van der Waals surface area contributed by atoms with E-state index in [2.05, 4.69) is 6.58 Å². The molecular weight excluding hydrogens is 208 g/mol. The molecule has 0 aromatic heterocycles. The Balaban J connectivity index is 2.07. The topological polar surface area (TPSA) is 26.3 Å². The lowest BCUT2D eigenvalue weighted by atomic mass is 10.2. The fourth-order valence-electron chi connectivity index (χ4n) is 1.24. The summed E-state index contributed by atoms with van der Waals surface area (Å²) in [6.45, 7) is 3.68. The fourth-order valence-corrected chi connectivity index (χ4v) is 2.12. The molecule has 3 heteroatoms. The third-order valence-corrected chi connectivity index (χ3v) is 3.20. The SMILES string of the molecule is C=Cc1ccc(SC2C=COC2=O)cc1. The molecule has 15 heavy (non-hydrogen) atoms. The number of carbonyl (C=O) groups is 1. The highest BCUT2D eigenvalue weighted by molar-refractivity contribution is 8.00. The molecular formula is C12H10O2S. The van der Waals surface area contributed by atoms with E-state index in [4.69, 9.17) is 4.74 Å². The average molecular weight is 218 g/mol. The van der Waals surface area contributed by atoms with Crippen LogP contribution < -0.4 is 0 Å². The number of ether oxygens (including phenoxy) is 1. The van der Waals surface area contributed by atoms with Gasteiger partial charge in [0.05, 0.1) is 6.26 Å². The molecule has 1 aromatic carbocycles. The summed E-state index contributed by atoms with van der Waals surface area (Å²) < 4.78 is 4.73. The number of carbonyl (C=O) groups excluding carboxylic acids is 1. The number of cyclic esters (lactones) is 1. The predicted molar refractivity (Wildman–Crippen MR) is 61.4 cm³/mol. The second-order valence-electron chi connectivity index (χ2n) is 3.08. The zero-order valence-electron chi connectivity index (χ0n) is 8.05. The zero-order chi connectivity index (χ0) is 10.7. The van der Waals surface area contributed by atoms with Crippen molar-refractivity contribution in [3.8, 4) is 0 Å². The molecule has 1 aliphatic rings. The maximum Gasteiger partial charge on any atom is 0.328 e. The number of hydrogen-bond acceptors (Lipinski definition) is 3. The van der Waals surface area contributed by atoms with Crippen molar-refractivity contribution in [3.63, 3.8) is 0 Å². The van der Waals surface area contributed by atoms with Crippen LogP contribution in [0.15, 0.2) is 48.1 Å². The zero-order valence-corrected chi connectivity index (χ0v) is 8.87. The molecule has 1 unspecified atom stereocenters. The van der Waals surface area contributed by atoms with Crippen LogP contribution in [0.3, 0.4) is 0 Å². The van der Waals surface area contributed by atoms with Crippen molar-refractivity contribution in [2.45, 2.75) is 10.1 Å². The van der Waals surface area contributed by atoms with Gasteiger partial charge in [-0.25, -0.2) is 0 Å². The van der Waals surface area contributed by atoms with Crippen molar-refractivity contribution < 1.29 is 9.53 Å². The summed E-state index contributed by atoms with van der Waals surface area (Å²) in [7, 11) is 0. The smallest absolute Gasteiger partial charge is 0.328 e. The summed E-state index contributed by atoms with van der Waals surface area (Å²) in [4.78, 5) is 12.2. The first kappa shape index (κ1) is 10.1. The number of thioether (sulfide) groups is 1. The summed E-state index contributed by atoms with van der Waals surface area (Å²) in [6, 6.07) is 7.89. The minimum atomic E-state index is -0.209. The molecule has 1 atom stereocenters. The molecule has 1 aliphatic heterocycles. The van der Waals surface area contributed by atoms with Gasteiger partial charge in [0.2, 0.25) is 0 Å². The first-order valence-corrected chi connectivity index (χ1v) is 5.44. The molecule has 0 aliphatic carbocycles. The average Bonchev–Trinajstić information content (AvgIpc) is 2.66. The van der Waals surface area contributed by atoms with Crippen LogP contribution in [-0.4, -0.2) is 11.2 Å². The molecule has 1 heterocycles. The summed E-state index contributed by atoms with van der Waals surface area (Å²) in [5.74, 6) is -0.201. The molecule has 0 N–H and O–H groups in total. The summed E-state index contributed by atoms with van der Waals surface area (Å²) in [6.07, 6.45) is 4.99. The highest BCUT2D eigenvalue weighted by atomic mass is 32.2. The van der Waals surface area contributed by atoms with E-state index in [1.165, 1.54) is 18.0 Å². The van der Waals surface area contributed by atoms with Crippen LogP contribution in [0.2, 0.25) is 0 Å². The molecule has 1 aromatic rings. The third kappa shape index (κ3) is 2.30. The first-order chi connectivity index (χ1) is 7.29. The Morgan fingerprint density at radius 3 is 2.60 bits per heavy atom. The van der Waals surface area contributed by atoms with Crippen molar-refractivity contribution in [3.05, 3.63) is 48.7 Å². The van der Waals surface area contributed by atoms with Crippen molar-refractivity contribution in [2.75, 3.05) is 0 Å². The quantitative estimate of drug-likeness (QED) is 0.730. The molecule has 0 saturated carbocycles. The van der Waals surface area contributed by atoms with Crippen molar-refractivity contribution >= 4 is 23.8 Å². The lowest BCUT2D eigenvalue weighted by Gasteiger charge is -2.04. The molecule has 0 spiro atoms. The van der Waals surface area contributed by atoms with Crippen LogP contribution >= 0.6 is 11.8 Å². The molecule has 76 valence electrons. The second-order valence-corrected chi connectivity index (χ2v) is 4.29. The van der Waals surface area contributed by atoms with Crippen LogP contribution in [-0.2, 0) is 9.53 Å². The van der Waals surface area contributed by atoms with Crippen LogP contribution in [0.25, 0.3) is 6.08 Å². The van der Waals surface area contributed by atoms with Crippen molar-refractivity contribution in [2.24, 2.45) is 0 Å². The first-order valence-electron chi connectivity index (χ1n) is 4.56. The van der Waals surface area contributed by atoms with Gasteiger partial charge < -0.3 is 4.74 Å². The van der Waals surface area contributed by atoms with E-state index in [1.807, 2.05) is 24.3 Å². The van der Waals surface area contributed by atoms with Gasteiger partial charge >= 0.3 is 5.97 Å². The van der Waals surface area contributed by atoms with E-state index in [0.717, 1.165) is 10.5 Å². The number of rotatable bonds is 3. The van der Waals surface area contributed by atoms with E-state index in [0.29, 0.717) is 0 Å². The van der Waals surface area contributed by atoms with Gasteiger partial charge in [-0.05, 0) is 23.8 Å². The second kappa shape index (κ2) is 4.36. The highest BCUT2D eigenvalue weighted by Gasteiger charge is 2.22. The van der Waals surface area contributed by atoms with E-state index < -0.39 is 0 Å². The number of benzene rings is 1. The van der Waals surface area contributed by atoms with Gasteiger partial charge in [-0.1, -0.05) is 24.8 Å². The van der Waals surface area contributed by atoms with E-state index >= 15 is 0 Å². The number of esters is 1. The molecule has 0 radical (unpaired) electrons. The van der Waals surface area contributed by atoms with Crippen LogP contribution in [0.4, 0.5) is 0 Å². The Bertz CT molecular complexity index is 406. The van der Waals surface area contributed by atoms with Gasteiger partial charge in [-0.3, -0.25) is 4.79 Å². The normalized spacial score (nSPS) is 18.9. The third-order valence-electron chi connectivity index (χ3n) is 2.05. The van der Waals surface area contributed by atoms with E-state index in [9.17, 15) is 4.79 Å². The minimum Gasteiger partial charge on any atom is -0.434 e. The Kier molecular flexibility index (Phi) is 2.92. The Labute approximate surface area is 92.6 Å². The van der Waals surface area contributed by atoms with Crippen LogP contribution in [0, 0.1) is 0 Å². The standard InChI is InChI=1S/C12H10O2S/c1-2-9-3-5-10(6-4-9)15-11-7-8-14-12(11)13/h2-8,11H,1H2. The Morgan fingerprint density at radius 1 is 1.33 bits per heavy atom. The molecule has 0 bridgehead atoms. The minimum absolute atomic E-state index is 0.201. The maximum absolute atomic E-state index is 11.2. The van der Waals surface area contributed by atoms with Crippen molar-refractivity contribution in [1.82, 2.24) is 0 Å². The monoisotopic (exact) mass is 218 g/mol. The highest BCUT2D eigenvalue weighted by Crippen LogP contribution is 2.27. The van der Waals surface area contributed by atoms with Crippen molar-refractivity contribution in [1.29, 1.82) is 0 Å². The lowest BCUT2D eigenvalue weighted by Crippen LogP contribution is -2.09. The molecule has 0 saturated heterocycles. The van der Waals surface area contributed by atoms with E-state index in [-0.39, 0.29) is 11.2 Å². The predicted octanol–water partition coefficient (Wildman–Crippen LogP) is 2.86. The van der Waals surface area contributed by atoms with Gasteiger partial charge in [0.15, 0.2) is 0 Å². The van der Waals surface area contributed by atoms with Gasteiger partial charge in [0.25, 0.3) is 0 Å². The van der Waals surface area contributed by atoms with E-state index in [1.54, 1.807) is 12.2 Å². The fraction of sp³-hybridized carbons (Fsp3) is 0.0833. The molecule has 2 rings (SSSR count). The maximum atomic E-state index is 11.2. The molecule has 0 fully saturated rings. The van der Waals surface area contributed by atoms with Crippen LogP contribution in [0.1, 0.15) is 5.56 Å². The van der Waals surface area contributed by atoms with Gasteiger partial charge in [0.1, 0.15) is 5.25 Å². The largest absolute Gasteiger partial charge is 0.434 e. The van der Waals surface area contributed by atoms with Gasteiger partial charge in [0, 0.05) is 4.90 Å². The summed E-state index contributed by atoms with van der Waals surface area (Å²) in [5.41, 5.74) is 1.07.